The number of ether oxygens (including phenoxy) is 2. The first kappa shape index (κ1) is 17.0. The maximum absolute atomic E-state index is 12.8. The van der Waals surface area contributed by atoms with Crippen LogP contribution in [0.25, 0.3) is 0 Å². The van der Waals surface area contributed by atoms with Crippen molar-refractivity contribution >= 4 is 5.91 Å². The van der Waals surface area contributed by atoms with E-state index in [0.29, 0.717) is 37.6 Å². The standard InChI is InChI=1S/C20H23N3O3/c24-20(23-9-11-25-12-10-23)18-3-1-2-4-19(18)26-17-14-22(15-17)13-16-5-7-21-8-6-16/h1-8,17H,9-15H2. The monoisotopic (exact) mass is 353 g/mol. The van der Waals surface area contributed by atoms with Gasteiger partial charge in [0.15, 0.2) is 0 Å². The molecule has 2 saturated heterocycles. The normalized spacial score (nSPS) is 18.4. The number of benzene rings is 1. The second kappa shape index (κ2) is 7.85. The van der Waals surface area contributed by atoms with Gasteiger partial charge in [0.1, 0.15) is 11.9 Å². The molecule has 0 radical (unpaired) electrons. The highest BCUT2D eigenvalue weighted by atomic mass is 16.5. The molecule has 1 amide bonds. The highest BCUT2D eigenvalue weighted by molar-refractivity contribution is 5.97. The predicted molar refractivity (Wildman–Crippen MR) is 97.1 cm³/mol. The van der Waals surface area contributed by atoms with Gasteiger partial charge in [-0.25, -0.2) is 0 Å². The minimum absolute atomic E-state index is 0.0249. The average molecular weight is 353 g/mol. The molecule has 4 rings (SSSR count). The second-order valence-electron chi connectivity index (χ2n) is 6.69. The fourth-order valence-electron chi connectivity index (χ4n) is 3.33. The fraction of sp³-hybridized carbons (Fsp3) is 0.400. The van der Waals surface area contributed by atoms with Gasteiger partial charge >= 0.3 is 0 Å². The van der Waals surface area contributed by atoms with E-state index >= 15 is 0 Å². The Bertz CT molecular complexity index is 741. The first-order valence-corrected chi connectivity index (χ1v) is 9.03. The Kier molecular flexibility index (Phi) is 5.13. The van der Waals surface area contributed by atoms with Crippen molar-refractivity contribution in [2.24, 2.45) is 0 Å². The molecule has 1 aromatic heterocycles. The van der Waals surface area contributed by atoms with Crippen molar-refractivity contribution in [3.8, 4) is 5.75 Å². The van der Waals surface area contributed by atoms with Crippen LogP contribution < -0.4 is 4.74 Å². The Balaban J connectivity index is 1.35. The number of amides is 1. The highest BCUT2D eigenvalue weighted by Crippen LogP contribution is 2.25. The zero-order valence-corrected chi connectivity index (χ0v) is 14.7. The summed E-state index contributed by atoms with van der Waals surface area (Å²) in [6.45, 7) is 5.09. The maximum Gasteiger partial charge on any atom is 0.257 e. The Labute approximate surface area is 153 Å². The third-order valence-corrected chi connectivity index (χ3v) is 4.79. The Morgan fingerprint density at radius 2 is 1.85 bits per heavy atom. The van der Waals surface area contributed by atoms with E-state index in [0.717, 1.165) is 19.6 Å². The van der Waals surface area contributed by atoms with Crippen molar-refractivity contribution in [1.29, 1.82) is 0 Å². The number of likely N-dealkylation sites (tertiary alicyclic amines) is 1. The van der Waals surface area contributed by atoms with E-state index in [1.165, 1.54) is 5.56 Å². The first-order valence-electron chi connectivity index (χ1n) is 9.03. The largest absolute Gasteiger partial charge is 0.487 e. The zero-order valence-electron chi connectivity index (χ0n) is 14.7. The van der Waals surface area contributed by atoms with Crippen molar-refractivity contribution in [3.63, 3.8) is 0 Å². The second-order valence-corrected chi connectivity index (χ2v) is 6.69. The SMILES string of the molecule is O=C(c1ccccc1OC1CN(Cc2ccncc2)C1)N1CCOCC1. The molecule has 136 valence electrons. The first-order chi connectivity index (χ1) is 12.8. The number of rotatable bonds is 5. The van der Waals surface area contributed by atoms with Gasteiger partial charge in [-0.05, 0) is 29.8 Å². The van der Waals surface area contributed by atoms with E-state index < -0.39 is 0 Å². The van der Waals surface area contributed by atoms with Crippen LogP contribution in [0.4, 0.5) is 0 Å². The van der Waals surface area contributed by atoms with Crippen molar-refractivity contribution in [2.75, 3.05) is 39.4 Å². The van der Waals surface area contributed by atoms with Gasteiger partial charge in [-0.1, -0.05) is 12.1 Å². The lowest BCUT2D eigenvalue weighted by atomic mass is 10.1. The molecule has 3 heterocycles. The van der Waals surface area contributed by atoms with E-state index in [4.69, 9.17) is 9.47 Å². The fourth-order valence-corrected chi connectivity index (χ4v) is 3.33. The van der Waals surface area contributed by atoms with E-state index in [2.05, 4.69) is 9.88 Å². The topological polar surface area (TPSA) is 54.9 Å². The summed E-state index contributed by atoms with van der Waals surface area (Å²) in [7, 11) is 0. The zero-order chi connectivity index (χ0) is 17.8. The summed E-state index contributed by atoms with van der Waals surface area (Å²) in [6, 6.07) is 11.6. The van der Waals surface area contributed by atoms with Crippen LogP contribution in [-0.2, 0) is 11.3 Å². The Hall–Kier alpha value is -2.44. The van der Waals surface area contributed by atoms with Crippen molar-refractivity contribution in [2.45, 2.75) is 12.6 Å². The summed E-state index contributed by atoms with van der Waals surface area (Å²) in [4.78, 5) is 21.0. The van der Waals surface area contributed by atoms with Gasteiger partial charge in [0.05, 0.1) is 18.8 Å². The molecule has 1 aromatic carbocycles. The molecular formula is C20H23N3O3. The summed E-state index contributed by atoms with van der Waals surface area (Å²) < 4.78 is 11.5. The lowest BCUT2D eigenvalue weighted by molar-refractivity contribution is 0.0125. The van der Waals surface area contributed by atoms with E-state index in [1.54, 1.807) is 0 Å². The molecule has 2 aliphatic heterocycles. The Morgan fingerprint density at radius 3 is 2.62 bits per heavy atom. The number of morpholine rings is 1. The molecule has 6 heteroatoms. The molecule has 0 unspecified atom stereocenters. The van der Waals surface area contributed by atoms with Gasteiger partial charge in [-0.15, -0.1) is 0 Å². The summed E-state index contributed by atoms with van der Waals surface area (Å²) in [5.41, 5.74) is 1.89. The average Bonchev–Trinajstić information content (AvgIpc) is 2.67. The van der Waals surface area contributed by atoms with Crippen LogP contribution in [0.2, 0.25) is 0 Å². The summed E-state index contributed by atoms with van der Waals surface area (Å²) in [5, 5.41) is 0. The third-order valence-electron chi connectivity index (χ3n) is 4.79. The number of aromatic nitrogens is 1. The number of hydrogen-bond donors (Lipinski definition) is 0. The molecule has 0 spiro atoms. The number of carbonyl (C=O) groups is 1. The van der Waals surface area contributed by atoms with E-state index in [9.17, 15) is 4.79 Å². The van der Waals surface area contributed by atoms with Gasteiger partial charge in [-0.3, -0.25) is 14.7 Å². The highest BCUT2D eigenvalue weighted by Gasteiger charge is 2.30. The van der Waals surface area contributed by atoms with Crippen molar-refractivity contribution < 1.29 is 14.3 Å². The Morgan fingerprint density at radius 1 is 1.12 bits per heavy atom. The number of pyridine rings is 1. The summed E-state index contributed by atoms with van der Waals surface area (Å²) in [6.07, 6.45) is 3.75. The quantitative estimate of drug-likeness (QED) is 0.821. The minimum Gasteiger partial charge on any atom is -0.487 e. The van der Waals surface area contributed by atoms with Crippen LogP contribution in [-0.4, -0.2) is 66.2 Å². The van der Waals surface area contributed by atoms with Crippen LogP contribution in [0.15, 0.2) is 48.8 Å². The smallest absolute Gasteiger partial charge is 0.257 e. The van der Waals surface area contributed by atoms with Crippen LogP contribution >= 0.6 is 0 Å². The molecule has 2 fully saturated rings. The van der Waals surface area contributed by atoms with E-state index in [-0.39, 0.29) is 12.0 Å². The van der Waals surface area contributed by atoms with Crippen LogP contribution in [0.5, 0.6) is 5.75 Å². The van der Waals surface area contributed by atoms with Gasteiger partial charge < -0.3 is 14.4 Å². The number of hydrogen-bond acceptors (Lipinski definition) is 5. The summed E-state index contributed by atoms with van der Waals surface area (Å²) >= 11 is 0. The maximum atomic E-state index is 12.8. The minimum atomic E-state index is 0.0249. The molecule has 2 aliphatic rings. The molecule has 2 aromatic rings. The number of nitrogens with zero attached hydrogens (tertiary/aromatic N) is 3. The lowest BCUT2D eigenvalue weighted by Crippen LogP contribution is -2.53. The molecule has 26 heavy (non-hydrogen) atoms. The van der Waals surface area contributed by atoms with E-state index in [1.807, 2.05) is 53.7 Å². The molecule has 0 bridgehead atoms. The van der Waals surface area contributed by atoms with Crippen LogP contribution in [0.1, 0.15) is 15.9 Å². The van der Waals surface area contributed by atoms with Crippen LogP contribution in [0, 0.1) is 0 Å². The van der Waals surface area contributed by atoms with Crippen molar-refractivity contribution in [3.05, 3.63) is 59.9 Å². The lowest BCUT2D eigenvalue weighted by Gasteiger charge is -2.39. The molecule has 0 aliphatic carbocycles. The molecule has 0 N–H and O–H groups in total. The predicted octanol–water partition coefficient (Wildman–Crippen LogP) is 1.82. The molecular weight excluding hydrogens is 330 g/mol. The summed E-state index contributed by atoms with van der Waals surface area (Å²) in [5.74, 6) is 0.703. The number of para-hydroxylation sites is 1. The third kappa shape index (κ3) is 3.86. The van der Waals surface area contributed by atoms with Crippen molar-refractivity contribution in [1.82, 2.24) is 14.8 Å². The van der Waals surface area contributed by atoms with Gasteiger partial charge in [0.2, 0.25) is 0 Å². The van der Waals surface area contributed by atoms with Gasteiger partial charge in [0.25, 0.3) is 5.91 Å². The van der Waals surface area contributed by atoms with Gasteiger partial charge in [-0.2, -0.15) is 0 Å². The molecule has 6 nitrogen and oxygen atoms in total. The number of carbonyl (C=O) groups excluding carboxylic acids is 1. The van der Waals surface area contributed by atoms with Gasteiger partial charge in [0, 0.05) is 45.1 Å². The molecule has 0 atom stereocenters. The molecule has 0 saturated carbocycles. The van der Waals surface area contributed by atoms with Crippen LogP contribution in [0.3, 0.4) is 0 Å².